The Morgan fingerprint density at radius 3 is 2.62 bits per heavy atom. The highest BCUT2D eigenvalue weighted by Gasteiger charge is 2.20. The van der Waals surface area contributed by atoms with Crippen LogP contribution in [0.15, 0.2) is 29.4 Å². The van der Waals surface area contributed by atoms with E-state index in [1.807, 2.05) is 17.7 Å². The van der Waals surface area contributed by atoms with Crippen LogP contribution in [0.25, 0.3) is 0 Å². The molecular formula is C12H11Cl3N2O3S. The largest absolute Gasteiger partial charge is 0.484 e. The zero-order valence-electron chi connectivity index (χ0n) is 10.9. The molecule has 1 aromatic heterocycles. The molecule has 0 bridgehead atoms. The van der Waals surface area contributed by atoms with E-state index in [9.17, 15) is 8.42 Å². The first-order chi connectivity index (χ1) is 9.84. The Labute approximate surface area is 136 Å². The smallest absolute Gasteiger partial charge is 0.262 e. The van der Waals surface area contributed by atoms with Gasteiger partial charge >= 0.3 is 0 Å². The van der Waals surface area contributed by atoms with E-state index in [1.54, 1.807) is 6.20 Å². The summed E-state index contributed by atoms with van der Waals surface area (Å²) in [7, 11) is 1.30. The molecule has 0 radical (unpaired) electrons. The molecule has 0 aliphatic carbocycles. The molecule has 0 unspecified atom stereocenters. The number of halogens is 3. The van der Waals surface area contributed by atoms with Gasteiger partial charge in [-0.05, 0) is 19.1 Å². The third-order valence-corrected chi connectivity index (χ3v) is 5.11. The van der Waals surface area contributed by atoms with Gasteiger partial charge in [0.25, 0.3) is 9.05 Å². The van der Waals surface area contributed by atoms with Crippen molar-refractivity contribution in [3.8, 4) is 5.75 Å². The summed E-state index contributed by atoms with van der Waals surface area (Å²) in [6.07, 6.45) is 3.50. The summed E-state index contributed by atoms with van der Waals surface area (Å²) in [5, 5.41) is -0.170. The molecule has 0 aliphatic heterocycles. The zero-order valence-corrected chi connectivity index (χ0v) is 14.0. The van der Waals surface area contributed by atoms with Gasteiger partial charge < -0.3 is 9.30 Å². The van der Waals surface area contributed by atoms with E-state index in [0.717, 1.165) is 12.4 Å². The molecule has 0 amide bonds. The lowest BCUT2D eigenvalue weighted by atomic mass is 10.3. The van der Waals surface area contributed by atoms with Crippen molar-refractivity contribution in [1.29, 1.82) is 0 Å². The minimum absolute atomic E-state index is 0.00648. The predicted molar refractivity (Wildman–Crippen MR) is 81.7 cm³/mol. The Bertz CT molecular complexity index is 759. The maximum absolute atomic E-state index is 11.3. The first-order valence-corrected chi connectivity index (χ1v) is 8.96. The summed E-state index contributed by atoms with van der Waals surface area (Å²) < 4.78 is 30.1. The molecule has 0 atom stereocenters. The second-order valence-electron chi connectivity index (χ2n) is 4.05. The first kappa shape index (κ1) is 16.4. The van der Waals surface area contributed by atoms with Crippen LogP contribution in [0, 0.1) is 0 Å². The number of hydrogen-bond donors (Lipinski definition) is 0. The van der Waals surface area contributed by atoms with E-state index in [4.69, 9.17) is 38.6 Å². The molecule has 0 aliphatic rings. The molecule has 5 nitrogen and oxygen atoms in total. The first-order valence-electron chi connectivity index (χ1n) is 5.90. The lowest BCUT2D eigenvalue weighted by molar-refractivity contribution is 0.290. The maximum Gasteiger partial charge on any atom is 0.262 e. The van der Waals surface area contributed by atoms with Crippen molar-refractivity contribution in [2.75, 3.05) is 0 Å². The fourth-order valence-electron chi connectivity index (χ4n) is 1.72. The third kappa shape index (κ3) is 3.63. The van der Waals surface area contributed by atoms with Gasteiger partial charge in [0.15, 0.2) is 0 Å². The normalized spacial score (nSPS) is 11.6. The number of aromatic nitrogens is 2. The fraction of sp³-hybridized carbons (Fsp3) is 0.250. The molecule has 0 fully saturated rings. The SMILES string of the molecule is CCn1ccnc1COc1ccc(S(=O)(=O)Cl)c(Cl)c1Cl. The number of benzene rings is 1. The number of imidazole rings is 1. The molecule has 0 saturated carbocycles. The van der Waals surface area contributed by atoms with Crippen LogP contribution in [0.4, 0.5) is 0 Å². The lowest BCUT2D eigenvalue weighted by Crippen LogP contribution is -2.06. The molecule has 0 spiro atoms. The van der Waals surface area contributed by atoms with Crippen molar-refractivity contribution >= 4 is 42.9 Å². The number of rotatable bonds is 5. The van der Waals surface area contributed by atoms with Crippen molar-refractivity contribution in [3.05, 3.63) is 40.4 Å². The number of nitrogens with zero attached hydrogens (tertiary/aromatic N) is 2. The highest BCUT2D eigenvalue weighted by Crippen LogP contribution is 2.38. The van der Waals surface area contributed by atoms with E-state index in [-0.39, 0.29) is 27.3 Å². The van der Waals surface area contributed by atoms with Crippen LogP contribution in [0.5, 0.6) is 5.75 Å². The van der Waals surface area contributed by atoms with Gasteiger partial charge in [0.2, 0.25) is 0 Å². The van der Waals surface area contributed by atoms with E-state index in [2.05, 4.69) is 4.98 Å². The van der Waals surface area contributed by atoms with Crippen LogP contribution in [0.3, 0.4) is 0 Å². The second-order valence-corrected chi connectivity index (χ2v) is 7.34. The van der Waals surface area contributed by atoms with E-state index >= 15 is 0 Å². The Morgan fingerprint density at radius 1 is 1.29 bits per heavy atom. The van der Waals surface area contributed by atoms with E-state index in [0.29, 0.717) is 0 Å². The topological polar surface area (TPSA) is 61.2 Å². The Morgan fingerprint density at radius 2 is 2.00 bits per heavy atom. The summed E-state index contributed by atoms with van der Waals surface area (Å²) in [6, 6.07) is 2.65. The molecule has 1 aromatic carbocycles. The lowest BCUT2D eigenvalue weighted by Gasteiger charge is -2.11. The van der Waals surface area contributed by atoms with E-state index < -0.39 is 9.05 Å². The van der Waals surface area contributed by atoms with Crippen LogP contribution < -0.4 is 4.74 Å². The average molecular weight is 370 g/mol. The molecule has 114 valence electrons. The summed E-state index contributed by atoms with van der Waals surface area (Å²) in [4.78, 5) is 3.90. The van der Waals surface area contributed by atoms with Gasteiger partial charge in [-0.15, -0.1) is 0 Å². The number of ether oxygens (including phenoxy) is 1. The molecule has 1 heterocycles. The van der Waals surface area contributed by atoms with Gasteiger partial charge in [0.05, 0.1) is 5.02 Å². The van der Waals surface area contributed by atoms with Crippen LogP contribution in [0.1, 0.15) is 12.7 Å². The van der Waals surface area contributed by atoms with Gasteiger partial charge in [-0.2, -0.15) is 0 Å². The van der Waals surface area contributed by atoms with Gasteiger partial charge in [0, 0.05) is 29.6 Å². The quantitative estimate of drug-likeness (QED) is 0.754. The van der Waals surface area contributed by atoms with Crippen molar-refractivity contribution < 1.29 is 13.2 Å². The Balaban J connectivity index is 2.24. The molecule has 0 N–H and O–H groups in total. The van der Waals surface area contributed by atoms with Crippen molar-refractivity contribution in [3.63, 3.8) is 0 Å². The van der Waals surface area contributed by atoms with Crippen molar-refractivity contribution in [2.45, 2.75) is 25.0 Å². The average Bonchev–Trinajstić information content (AvgIpc) is 2.86. The Kier molecular flexibility index (Phi) is 5.03. The van der Waals surface area contributed by atoms with Crippen molar-refractivity contribution in [1.82, 2.24) is 9.55 Å². The maximum atomic E-state index is 11.3. The molecule has 21 heavy (non-hydrogen) atoms. The second kappa shape index (κ2) is 6.44. The molecule has 2 rings (SSSR count). The summed E-state index contributed by atoms with van der Waals surface area (Å²) >= 11 is 11.9. The summed E-state index contributed by atoms with van der Waals surface area (Å²) in [5.41, 5.74) is 0. The van der Waals surface area contributed by atoms with Gasteiger partial charge in [-0.25, -0.2) is 13.4 Å². The van der Waals surface area contributed by atoms with Gasteiger partial charge in [-0.3, -0.25) is 0 Å². The number of hydrogen-bond acceptors (Lipinski definition) is 4. The standard InChI is InChI=1S/C12H11Cl3N2O3S/c1-2-17-6-5-16-10(17)7-20-8-3-4-9(21(15,18)19)12(14)11(8)13/h3-6H,2,7H2,1H3. The van der Waals surface area contributed by atoms with Crippen LogP contribution in [-0.2, 0) is 22.2 Å². The van der Waals surface area contributed by atoms with Crippen LogP contribution >= 0.6 is 33.9 Å². The minimum Gasteiger partial charge on any atom is -0.484 e. The van der Waals surface area contributed by atoms with Crippen LogP contribution in [0.2, 0.25) is 10.0 Å². The predicted octanol–water partition coefficient (Wildman–Crippen LogP) is 3.72. The summed E-state index contributed by atoms with van der Waals surface area (Å²) in [5.74, 6) is 0.982. The minimum atomic E-state index is -3.96. The van der Waals surface area contributed by atoms with Gasteiger partial charge in [-0.1, -0.05) is 23.2 Å². The third-order valence-electron chi connectivity index (χ3n) is 2.77. The van der Waals surface area contributed by atoms with E-state index in [1.165, 1.54) is 12.1 Å². The number of aryl methyl sites for hydroxylation is 1. The summed E-state index contributed by atoms with van der Waals surface area (Å²) in [6.45, 7) is 2.93. The van der Waals surface area contributed by atoms with Gasteiger partial charge in [0.1, 0.15) is 28.1 Å². The Hall–Kier alpha value is -0.950. The van der Waals surface area contributed by atoms with Crippen molar-refractivity contribution in [2.24, 2.45) is 0 Å². The highest BCUT2D eigenvalue weighted by molar-refractivity contribution is 8.13. The fourth-order valence-corrected chi connectivity index (χ4v) is 3.51. The monoisotopic (exact) mass is 368 g/mol. The molecule has 2 aromatic rings. The zero-order chi connectivity index (χ0) is 15.6. The highest BCUT2D eigenvalue weighted by atomic mass is 35.7. The molecule has 0 saturated heterocycles. The van der Waals surface area contributed by atoms with Crippen LogP contribution in [-0.4, -0.2) is 18.0 Å². The molecule has 9 heteroatoms. The molecular weight excluding hydrogens is 359 g/mol.